The summed E-state index contributed by atoms with van der Waals surface area (Å²) in [7, 11) is 0. The summed E-state index contributed by atoms with van der Waals surface area (Å²) < 4.78 is 24.4. The number of rotatable bonds is 3. The normalized spacial score (nSPS) is 14.8. The van der Waals surface area contributed by atoms with Crippen LogP contribution in [0.2, 0.25) is 0 Å². The summed E-state index contributed by atoms with van der Waals surface area (Å²) in [5.41, 5.74) is 9.21. The van der Waals surface area contributed by atoms with Crippen molar-refractivity contribution >= 4 is 0 Å². The summed E-state index contributed by atoms with van der Waals surface area (Å²) in [4.78, 5) is 0. The van der Waals surface area contributed by atoms with E-state index in [9.17, 15) is 4.39 Å². The van der Waals surface area contributed by atoms with Crippen LogP contribution in [0.5, 0.6) is 11.5 Å². The average molecular weight is 287 g/mol. The van der Waals surface area contributed by atoms with Crippen molar-refractivity contribution in [3.8, 4) is 11.5 Å². The van der Waals surface area contributed by atoms with Gasteiger partial charge in [-0.2, -0.15) is 0 Å². The molecule has 0 amide bonds. The summed E-state index contributed by atoms with van der Waals surface area (Å²) in [5.74, 6) is 1.25. The molecule has 4 heteroatoms. The van der Waals surface area contributed by atoms with Crippen LogP contribution in [-0.4, -0.2) is 13.2 Å². The minimum absolute atomic E-state index is 0.217. The SMILES string of the molecule is Cc1cc(F)ccc1CC(N)c1cccc2c1OCCO2. The monoisotopic (exact) mass is 287 g/mol. The number of para-hydroxylation sites is 1. The molecule has 0 aromatic heterocycles. The number of hydrogen-bond acceptors (Lipinski definition) is 3. The number of fused-ring (bicyclic) bond motifs is 1. The second-order valence-corrected chi connectivity index (χ2v) is 5.25. The molecule has 0 saturated heterocycles. The van der Waals surface area contributed by atoms with E-state index in [-0.39, 0.29) is 11.9 Å². The van der Waals surface area contributed by atoms with Crippen molar-refractivity contribution in [2.45, 2.75) is 19.4 Å². The van der Waals surface area contributed by atoms with E-state index < -0.39 is 0 Å². The molecule has 2 aromatic rings. The molecule has 3 nitrogen and oxygen atoms in total. The summed E-state index contributed by atoms with van der Waals surface area (Å²) in [6.07, 6.45) is 0.631. The Hall–Kier alpha value is -2.07. The Morgan fingerprint density at radius 1 is 1.19 bits per heavy atom. The molecule has 1 aliphatic heterocycles. The van der Waals surface area contributed by atoms with Gasteiger partial charge in [0.2, 0.25) is 0 Å². The quantitative estimate of drug-likeness (QED) is 0.943. The molecule has 0 aliphatic carbocycles. The molecule has 0 spiro atoms. The zero-order valence-electron chi connectivity index (χ0n) is 11.9. The van der Waals surface area contributed by atoms with Gasteiger partial charge < -0.3 is 15.2 Å². The summed E-state index contributed by atoms with van der Waals surface area (Å²) in [5, 5.41) is 0. The number of benzene rings is 2. The minimum atomic E-state index is -0.223. The zero-order chi connectivity index (χ0) is 14.8. The highest BCUT2D eigenvalue weighted by molar-refractivity contribution is 5.49. The molecule has 21 heavy (non-hydrogen) atoms. The highest BCUT2D eigenvalue weighted by atomic mass is 19.1. The van der Waals surface area contributed by atoms with Crippen LogP contribution in [0.15, 0.2) is 36.4 Å². The Morgan fingerprint density at radius 2 is 2.00 bits per heavy atom. The second kappa shape index (κ2) is 5.74. The summed E-state index contributed by atoms with van der Waals surface area (Å²) in [6.45, 7) is 2.99. The molecule has 0 bridgehead atoms. The average Bonchev–Trinajstić information content (AvgIpc) is 2.49. The van der Waals surface area contributed by atoms with E-state index in [4.69, 9.17) is 15.2 Å². The van der Waals surface area contributed by atoms with Crippen molar-refractivity contribution in [3.05, 3.63) is 58.9 Å². The Labute approximate surface area is 123 Å². The van der Waals surface area contributed by atoms with E-state index in [2.05, 4.69) is 0 Å². The van der Waals surface area contributed by atoms with Crippen LogP contribution < -0.4 is 15.2 Å². The molecule has 1 heterocycles. The van der Waals surface area contributed by atoms with Gasteiger partial charge in [0.15, 0.2) is 11.5 Å². The van der Waals surface area contributed by atoms with Crippen LogP contribution >= 0.6 is 0 Å². The van der Waals surface area contributed by atoms with E-state index in [1.54, 1.807) is 6.07 Å². The molecule has 1 unspecified atom stereocenters. The lowest BCUT2D eigenvalue weighted by Crippen LogP contribution is -2.20. The number of ether oxygens (including phenoxy) is 2. The molecule has 1 atom stereocenters. The molecule has 0 fully saturated rings. The van der Waals surface area contributed by atoms with Crippen LogP contribution in [0.3, 0.4) is 0 Å². The Balaban J connectivity index is 1.87. The lowest BCUT2D eigenvalue weighted by molar-refractivity contribution is 0.169. The third kappa shape index (κ3) is 2.85. The van der Waals surface area contributed by atoms with Gasteiger partial charge in [0.1, 0.15) is 19.0 Å². The Morgan fingerprint density at radius 3 is 2.81 bits per heavy atom. The van der Waals surface area contributed by atoms with Gasteiger partial charge >= 0.3 is 0 Å². The maximum absolute atomic E-state index is 13.2. The maximum Gasteiger partial charge on any atom is 0.166 e. The fraction of sp³-hybridized carbons (Fsp3) is 0.294. The van der Waals surface area contributed by atoms with Crippen molar-refractivity contribution < 1.29 is 13.9 Å². The van der Waals surface area contributed by atoms with Crippen molar-refractivity contribution in [2.24, 2.45) is 5.73 Å². The highest BCUT2D eigenvalue weighted by Gasteiger charge is 2.20. The standard InChI is InChI=1S/C17H18FNO2/c1-11-9-13(18)6-5-12(11)10-15(19)14-3-2-4-16-17(14)21-8-7-20-16/h2-6,9,15H,7-8,10,19H2,1H3. The van der Waals surface area contributed by atoms with Crippen molar-refractivity contribution in [3.63, 3.8) is 0 Å². The molecule has 3 rings (SSSR count). The number of halogens is 1. The molecule has 0 radical (unpaired) electrons. The molecular formula is C17H18FNO2. The largest absolute Gasteiger partial charge is 0.486 e. The second-order valence-electron chi connectivity index (χ2n) is 5.25. The first-order chi connectivity index (χ1) is 10.1. The molecule has 0 saturated carbocycles. The van der Waals surface area contributed by atoms with Crippen LogP contribution in [0, 0.1) is 12.7 Å². The van der Waals surface area contributed by atoms with Gasteiger partial charge in [-0.15, -0.1) is 0 Å². The first kappa shape index (κ1) is 13.9. The fourth-order valence-corrected chi connectivity index (χ4v) is 2.62. The van der Waals surface area contributed by atoms with Crippen LogP contribution in [0.1, 0.15) is 22.7 Å². The minimum Gasteiger partial charge on any atom is -0.486 e. The van der Waals surface area contributed by atoms with Gasteiger partial charge in [0.05, 0.1) is 0 Å². The number of nitrogens with two attached hydrogens (primary N) is 1. The van der Waals surface area contributed by atoms with Crippen molar-refractivity contribution in [2.75, 3.05) is 13.2 Å². The van der Waals surface area contributed by atoms with Gasteiger partial charge in [-0.05, 0) is 42.7 Å². The van der Waals surface area contributed by atoms with Gasteiger partial charge in [-0.25, -0.2) is 4.39 Å². The molecule has 1 aliphatic rings. The maximum atomic E-state index is 13.2. The van der Waals surface area contributed by atoms with Crippen LogP contribution in [0.4, 0.5) is 4.39 Å². The molecule has 2 N–H and O–H groups in total. The van der Waals surface area contributed by atoms with Crippen molar-refractivity contribution in [1.82, 2.24) is 0 Å². The number of aryl methyl sites for hydroxylation is 1. The number of hydrogen-bond donors (Lipinski definition) is 1. The highest BCUT2D eigenvalue weighted by Crippen LogP contribution is 2.37. The molecular weight excluding hydrogens is 269 g/mol. The van der Waals surface area contributed by atoms with E-state index >= 15 is 0 Å². The molecule has 110 valence electrons. The molecule has 2 aromatic carbocycles. The lowest BCUT2D eigenvalue weighted by atomic mass is 9.96. The van der Waals surface area contributed by atoms with Crippen LogP contribution in [0.25, 0.3) is 0 Å². The predicted octanol–water partition coefficient (Wildman–Crippen LogP) is 3.15. The third-order valence-electron chi connectivity index (χ3n) is 3.74. The van der Waals surface area contributed by atoms with Crippen molar-refractivity contribution in [1.29, 1.82) is 0 Å². The van der Waals surface area contributed by atoms with Gasteiger partial charge in [0, 0.05) is 11.6 Å². The van der Waals surface area contributed by atoms with E-state index in [0.717, 1.165) is 28.2 Å². The fourth-order valence-electron chi connectivity index (χ4n) is 2.62. The van der Waals surface area contributed by atoms with Gasteiger partial charge in [-0.1, -0.05) is 18.2 Å². The van der Waals surface area contributed by atoms with Gasteiger partial charge in [-0.3, -0.25) is 0 Å². The first-order valence-corrected chi connectivity index (χ1v) is 7.04. The Kier molecular flexibility index (Phi) is 3.80. The zero-order valence-corrected chi connectivity index (χ0v) is 11.9. The Bertz CT molecular complexity index is 657. The van der Waals surface area contributed by atoms with E-state index in [1.807, 2.05) is 25.1 Å². The van der Waals surface area contributed by atoms with Gasteiger partial charge in [0.25, 0.3) is 0 Å². The van der Waals surface area contributed by atoms with E-state index in [1.165, 1.54) is 12.1 Å². The van der Waals surface area contributed by atoms with Crippen LogP contribution in [-0.2, 0) is 6.42 Å². The first-order valence-electron chi connectivity index (χ1n) is 7.04. The smallest absolute Gasteiger partial charge is 0.166 e. The lowest BCUT2D eigenvalue weighted by Gasteiger charge is -2.23. The topological polar surface area (TPSA) is 44.5 Å². The predicted molar refractivity (Wildman–Crippen MR) is 79.2 cm³/mol. The summed E-state index contributed by atoms with van der Waals surface area (Å²) >= 11 is 0. The summed E-state index contributed by atoms with van der Waals surface area (Å²) in [6, 6.07) is 10.3. The third-order valence-corrected chi connectivity index (χ3v) is 3.74. The van der Waals surface area contributed by atoms with E-state index in [0.29, 0.717) is 19.6 Å².